The fourth-order valence-corrected chi connectivity index (χ4v) is 2.27. The van der Waals surface area contributed by atoms with Crippen LogP contribution in [0.2, 0.25) is 0 Å². The summed E-state index contributed by atoms with van der Waals surface area (Å²) in [7, 11) is 1.65. The van der Waals surface area contributed by atoms with Crippen molar-refractivity contribution in [3.8, 4) is 0 Å². The SMILES string of the molecule is COCC(NCCc1cc(F)cc(F)c1)c1ccccc1. The first-order valence-electron chi connectivity index (χ1n) is 6.91. The first kappa shape index (κ1) is 15.6. The second-order valence-corrected chi connectivity index (χ2v) is 4.90. The topological polar surface area (TPSA) is 21.3 Å². The van der Waals surface area contributed by atoms with Crippen molar-refractivity contribution in [2.45, 2.75) is 12.5 Å². The summed E-state index contributed by atoms with van der Waals surface area (Å²) >= 11 is 0. The molecule has 0 spiro atoms. The number of hydrogen-bond donors (Lipinski definition) is 1. The van der Waals surface area contributed by atoms with Gasteiger partial charge in [0.2, 0.25) is 0 Å². The molecule has 0 radical (unpaired) electrons. The van der Waals surface area contributed by atoms with Crippen LogP contribution in [-0.4, -0.2) is 20.3 Å². The minimum atomic E-state index is -0.540. The molecule has 0 fully saturated rings. The van der Waals surface area contributed by atoms with Crippen LogP contribution in [0.25, 0.3) is 0 Å². The Kier molecular flexibility index (Phi) is 5.84. The van der Waals surface area contributed by atoms with E-state index in [0.29, 0.717) is 25.1 Å². The van der Waals surface area contributed by atoms with Crippen LogP contribution >= 0.6 is 0 Å². The lowest BCUT2D eigenvalue weighted by Gasteiger charge is -2.18. The monoisotopic (exact) mass is 291 g/mol. The summed E-state index contributed by atoms with van der Waals surface area (Å²) in [6, 6.07) is 13.6. The van der Waals surface area contributed by atoms with Crippen molar-refractivity contribution in [3.63, 3.8) is 0 Å². The Hall–Kier alpha value is -1.78. The first-order chi connectivity index (χ1) is 10.2. The Balaban J connectivity index is 1.93. The van der Waals surface area contributed by atoms with Crippen molar-refractivity contribution in [3.05, 3.63) is 71.3 Å². The lowest BCUT2D eigenvalue weighted by atomic mass is 10.1. The van der Waals surface area contributed by atoms with Gasteiger partial charge < -0.3 is 10.1 Å². The number of methoxy groups -OCH3 is 1. The van der Waals surface area contributed by atoms with E-state index in [9.17, 15) is 8.78 Å². The summed E-state index contributed by atoms with van der Waals surface area (Å²) in [6.45, 7) is 1.16. The van der Waals surface area contributed by atoms with Gasteiger partial charge in [0.25, 0.3) is 0 Å². The van der Waals surface area contributed by atoms with E-state index < -0.39 is 11.6 Å². The minimum absolute atomic E-state index is 0.0645. The van der Waals surface area contributed by atoms with Crippen molar-refractivity contribution >= 4 is 0 Å². The van der Waals surface area contributed by atoms with Gasteiger partial charge >= 0.3 is 0 Å². The summed E-state index contributed by atoms with van der Waals surface area (Å²) in [5.41, 5.74) is 1.77. The molecule has 4 heteroatoms. The lowest BCUT2D eigenvalue weighted by Crippen LogP contribution is -2.27. The zero-order chi connectivity index (χ0) is 15.1. The van der Waals surface area contributed by atoms with Crippen molar-refractivity contribution < 1.29 is 13.5 Å². The normalized spacial score (nSPS) is 12.3. The van der Waals surface area contributed by atoms with Gasteiger partial charge in [-0.3, -0.25) is 0 Å². The summed E-state index contributed by atoms with van der Waals surface area (Å²) in [4.78, 5) is 0. The molecular weight excluding hydrogens is 272 g/mol. The van der Waals surface area contributed by atoms with Gasteiger partial charge in [-0.15, -0.1) is 0 Å². The van der Waals surface area contributed by atoms with Gasteiger partial charge in [-0.2, -0.15) is 0 Å². The van der Waals surface area contributed by atoms with Gasteiger partial charge in [0, 0.05) is 13.2 Å². The van der Waals surface area contributed by atoms with Crippen LogP contribution in [0.5, 0.6) is 0 Å². The molecule has 2 aromatic rings. The third-order valence-electron chi connectivity index (χ3n) is 3.26. The Morgan fingerprint density at radius 3 is 2.33 bits per heavy atom. The molecule has 0 amide bonds. The minimum Gasteiger partial charge on any atom is -0.383 e. The van der Waals surface area contributed by atoms with Gasteiger partial charge in [0.05, 0.1) is 12.6 Å². The third kappa shape index (κ3) is 4.92. The van der Waals surface area contributed by atoms with Gasteiger partial charge in [0.1, 0.15) is 11.6 Å². The van der Waals surface area contributed by atoms with Gasteiger partial charge in [-0.1, -0.05) is 30.3 Å². The Bertz CT molecular complexity index is 540. The van der Waals surface area contributed by atoms with E-state index in [2.05, 4.69) is 5.32 Å². The second kappa shape index (κ2) is 7.86. The van der Waals surface area contributed by atoms with Crippen LogP contribution in [0.1, 0.15) is 17.2 Å². The quantitative estimate of drug-likeness (QED) is 0.843. The molecule has 0 aliphatic rings. The highest BCUT2D eigenvalue weighted by Crippen LogP contribution is 2.13. The van der Waals surface area contributed by atoms with Crippen molar-refractivity contribution in [1.29, 1.82) is 0 Å². The van der Waals surface area contributed by atoms with Crippen LogP contribution in [0.15, 0.2) is 48.5 Å². The fourth-order valence-electron chi connectivity index (χ4n) is 2.27. The average molecular weight is 291 g/mol. The van der Waals surface area contributed by atoms with E-state index in [1.807, 2.05) is 30.3 Å². The van der Waals surface area contributed by atoms with E-state index in [0.717, 1.165) is 11.6 Å². The standard InChI is InChI=1S/C17H19F2NO/c1-21-12-17(14-5-3-2-4-6-14)20-8-7-13-9-15(18)11-16(19)10-13/h2-6,9-11,17,20H,7-8,12H2,1H3. The van der Waals surface area contributed by atoms with E-state index in [-0.39, 0.29) is 6.04 Å². The van der Waals surface area contributed by atoms with E-state index in [4.69, 9.17) is 4.74 Å². The zero-order valence-corrected chi connectivity index (χ0v) is 12.0. The lowest BCUT2D eigenvalue weighted by molar-refractivity contribution is 0.167. The molecule has 0 bridgehead atoms. The predicted octanol–water partition coefficient (Wildman–Crippen LogP) is 3.48. The van der Waals surface area contributed by atoms with E-state index >= 15 is 0 Å². The van der Waals surface area contributed by atoms with E-state index in [1.54, 1.807) is 7.11 Å². The predicted molar refractivity (Wildman–Crippen MR) is 79.1 cm³/mol. The van der Waals surface area contributed by atoms with Gasteiger partial charge in [0.15, 0.2) is 0 Å². The molecule has 1 atom stereocenters. The summed E-state index contributed by atoms with van der Waals surface area (Å²) in [6.07, 6.45) is 0.557. The average Bonchev–Trinajstić information content (AvgIpc) is 2.46. The molecule has 2 rings (SSSR count). The zero-order valence-electron chi connectivity index (χ0n) is 12.0. The molecule has 1 N–H and O–H groups in total. The molecule has 2 aromatic carbocycles. The maximum Gasteiger partial charge on any atom is 0.126 e. The summed E-state index contributed by atoms with van der Waals surface area (Å²) in [5, 5.41) is 3.35. The highest BCUT2D eigenvalue weighted by atomic mass is 19.1. The molecule has 0 saturated heterocycles. The Morgan fingerprint density at radius 1 is 1.05 bits per heavy atom. The molecular formula is C17H19F2NO. The van der Waals surface area contributed by atoms with Gasteiger partial charge in [-0.05, 0) is 36.2 Å². The van der Waals surface area contributed by atoms with Crippen molar-refractivity contribution in [2.75, 3.05) is 20.3 Å². The molecule has 0 aliphatic heterocycles. The molecule has 1 unspecified atom stereocenters. The molecule has 112 valence electrons. The number of ether oxygens (including phenoxy) is 1. The maximum absolute atomic E-state index is 13.1. The number of hydrogen-bond acceptors (Lipinski definition) is 2. The fraction of sp³-hybridized carbons (Fsp3) is 0.294. The third-order valence-corrected chi connectivity index (χ3v) is 3.26. The molecule has 21 heavy (non-hydrogen) atoms. The van der Waals surface area contributed by atoms with Crippen LogP contribution in [-0.2, 0) is 11.2 Å². The summed E-state index contributed by atoms with van der Waals surface area (Å²) < 4.78 is 31.5. The van der Waals surface area contributed by atoms with Crippen LogP contribution in [0, 0.1) is 11.6 Å². The van der Waals surface area contributed by atoms with Crippen molar-refractivity contribution in [1.82, 2.24) is 5.32 Å². The second-order valence-electron chi connectivity index (χ2n) is 4.90. The van der Waals surface area contributed by atoms with Gasteiger partial charge in [-0.25, -0.2) is 8.78 Å². The smallest absolute Gasteiger partial charge is 0.126 e. The Labute approximate surface area is 123 Å². The molecule has 0 aliphatic carbocycles. The first-order valence-corrected chi connectivity index (χ1v) is 6.91. The number of nitrogens with one attached hydrogen (secondary N) is 1. The number of benzene rings is 2. The van der Waals surface area contributed by atoms with Crippen LogP contribution in [0.3, 0.4) is 0 Å². The highest BCUT2D eigenvalue weighted by Gasteiger charge is 2.10. The highest BCUT2D eigenvalue weighted by molar-refractivity contribution is 5.20. The van der Waals surface area contributed by atoms with Crippen molar-refractivity contribution in [2.24, 2.45) is 0 Å². The summed E-state index contributed by atoms with van der Waals surface area (Å²) in [5.74, 6) is -1.08. The van der Waals surface area contributed by atoms with Crippen LogP contribution in [0.4, 0.5) is 8.78 Å². The maximum atomic E-state index is 13.1. The molecule has 2 nitrogen and oxygen atoms in total. The molecule has 0 aromatic heterocycles. The Morgan fingerprint density at radius 2 is 1.71 bits per heavy atom. The van der Waals surface area contributed by atoms with E-state index in [1.165, 1.54) is 12.1 Å². The molecule has 0 heterocycles. The van der Waals surface area contributed by atoms with Crippen LogP contribution < -0.4 is 5.32 Å². The largest absolute Gasteiger partial charge is 0.383 e. The molecule has 0 saturated carbocycles. The number of rotatable bonds is 7. The number of halogens is 2.